The molecule has 0 fully saturated rings. The Labute approximate surface area is 188 Å². The molecule has 0 spiro atoms. The van der Waals surface area contributed by atoms with E-state index in [-0.39, 0.29) is 5.56 Å². The van der Waals surface area contributed by atoms with Gasteiger partial charge < -0.3 is 4.74 Å². The van der Waals surface area contributed by atoms with Crippen LogP contribution in [0.3, 0.4) is 0 Å². The summed E-state index contributed by atoms with van der Waals surface area (Å²) in [7, 11) is 0. The van der Waals surface area contributed by atoms with Crippen LogP contribution in [0.1, 0.15) is 25.5 Å². The van der Waals surface area contributed by atoms with Crippen molar-refractivity contribution in [1.82, 2.24) is 24.1 Å². The summed E-state index contributed by atoms with van der Waals surface area (Å²) >= 11 is 2.95. The molecule has 3 aromatic heterocycles. The molecule has 0 N–H and O–H groups in total. The number of allylic oxidation sites excluding steroid dienone is 1. The molecule has 4 aromatic rings. The Kier molecular flexibility index (Phi) is 6.83. The lowest BCUT2D eigenvalue weighted by molar-refractivity contribution is 0.309. The maximum Gasteiger partial charge on any atom is 0.258 e. The summed E-state index contributed by atoms with van der Waals surface area (Å²) < 4.78 is 9.31. The minimum absolute atomic E-state index is 0.0728. The molecule has 0 aliphatic heterocycles. The highest BCUT2D eigenvalue weighted by atomic mass is 32.2. The molecule has 7 nitrogen and oxygen atoms in total. The number of fused-ring (bicyclic) bond motifs is 1. The Morgan fingerprint density at radius 1 is 1.26 bits per heavy atom. The molecule has 9 heteroatoms. The summed E-state index contributed by atoms with van der Waals surface area (Å²) in [6.45, 7) is 7.31. The fraction of sp³-hybridized carbons (Fsp3) is 0.273. The molecule has 4 rings (SSSR count). The van der Waals surface area contributed by atoms with E-state index in [4.69, 9.17) is 4.74 Å². The highest BCUT2D eigenvalue weighted by Crippen LogP contribution is 2.27. The van der Waals surface area contributed by atoms with Gasteiger partial charge >= 0.3 is 0 Å². The van der Waals surface area contributed by atoms with Crippen LogP contribution in [-0.2, 0) is 12.3 Å². The lowest BCUT2D eigenvalue weighted by atomic mass is 10.2. The topological polar surface area (TPSA) is 74.3 Å². The average molecular weight is 454 g/mol. The third kappa shape index (κ3) is 4.88. The molecule has 1 aromatic carbocycles. The van der Waals surface area contributed by atoms with Crippen molar-refractivity contribution in [3.05, 3.63) is 70.6 Å². The third-order valence-electron chi connectivity index (χ3n) is 4.61. The van der Waals surface area contributed by atoms with E-state index in [1.807, 2.05) is 40.3 Å². The first-order chi connectivity index (χ1) is 15.2. The van der Waals surface area contributed by atoms with Crippen LogP contribution in [0.2, 0.25) is 0 Å². The van der Waals surface area contributed by atoms with Crippen molar-refractivity contribution < 1.29 is 4.74 Å². The van der Waals surface area contributed by atoms with Gasteiger partial charge in [-0.2, -0.15) is 0 Å². The standard InChI is InChI=1S/C22H23N5O2S2/c1-3-5-12-29-18-8-6-16(7-9-18)20-24-25-22(27(20)10-4-2)31-15-17-14-19(28)26-11-13-30-21(26)23-17/h4,6-9,11,13-14H,2-3,5,10,12,15H2,1H3. The van der Waals surface area contributed by atoms with Crippen LogP contribution in [-0.4, -0.2) is 30.8 Å². The Hall–Kier alpha value is -2.91. The monoisotopic (exact) mass is 453 g/mol. The minimum Gasteiger partial charge on any atom is -0.494 e. The van der Waals surface area contributed by atoms with Gasteiger partial charge in [-0.3, -0.25) is 13.8 Å². The van der Waals surface area contributed by atoms with Gasteiger partial charge in [-0.05, 0) is 30.7 Å². The zero-order chi connectivity index (χ0) is 21.6. The number of benzene rings is 1. The van der Waals surface area contributed by atoms with Crippen molar-refractivity contribution in [3.8, 4) is 17.1 Å². The largest absolute Gasteiger partial charge is 0.494 e. The molecule has 0 aliphatic carbocycles. The number of thiazole rings is 1. The molecule has 31 heavy (non-hydrogen) atoms. The molecular formula is C22H23N5O2S2. The van der Waals surface area contributed by atoms with Gasteiger partial charge in [-0.15, -0.1) is 28.1 Å². The van der Waals surface area contributed by atoms with Crippen molar-refractivity contribution in [2.45, 2.75) is 37.2 Å². The lowest BCUT2D eigenvalue weighted by Gasteiger charge is -2.09. The van der Waals surface area contributed by atoms with Crippen LogP contribution in [0.4, 0.5) is 0 Å². The number of thioether (sulfide) groups is 1. The Morgan fingerprint density at radius 3 is 2.87 bits per heavy atom. The third-order valence-corrected chi connectivity index (χ3v) is 6.37. The first-order valence-corrected chi connectivity index (χ1v) is 11.9. The van der Waals surface area contributed by atoms with Gasteiger partial charge in [0.15, 0.2) is 15.9 Å². The zero-order valence-electron chi connectivity index (χ0n) is 17.2. The molecule has 3 heterocycles. The fourth-order valence-electron chi connectivity index (χ4n) is 3.04. The number of aromatic nitrogens is 5. The second-order valence-corrected chi connectivity index (χ2v) is 8.68. The van der Waals surface area contributed by atoms with Crippen molar-refractivity contribution in [1.29, 1.82) is 0 Å². The van der Waals surface area contributed by atoms with Gasteiger partial charge in [-0.25, -0.2) is 4.98 Å². The molecule has 0 saturated carbocycles. The average Bonchev–Trinajstić information content (AvgIpc) is 3.41. The van der Waals surface area contributed by atoms with E-state index in [9.17, 15) is 4.79 Å². The van der Waals surface area contributed by atoms with Crippen LogP contribution in [0, 0.1) is 0 Å². The minimum atomic E-state index is -0.0728. The van der Waals surface area contributed by atoms with Gasteiger partial charge in [0.05, 0.1) is 12.3 Å². The maximum absolute atomic E-state index is 12.2. The van der Waals surface area contributed by atoms with Crippen molar-refractivity contribution in [3.63, 3.8) is 0 Å². The van der Waals surface area contributed by atoms with Gasteiger partial charge in [0.25, 0.3) is 5.56 Å². The number of nitrogens with zero attached hydrogens (tertiary/aromatic N) is 5. The highest BCUT2D eigenvalue weighted by Gasteiger charge is 2.15. The van der Waals surface area contributed by atoms with E-state index in [1.165, 1.54) is 23.1 Å². The smallest absolute Gasteiger partial charge is 0.258 e. The SMILES string of the molecule is C=CCn1c(SCc2cc(=O)n3ccsc3n2)nnc1-c1ccc(OCCCC)cc1. The first-order valence-electron chi connectivity index (χ1n) is 10.1. The second-order valence-electron chi connectivity index (χ2n) is 6.86. The van der Waals surface area contributed by atoms with E-state index in [0.717, 1.165) is 47.4 Å². The van der Waals surface area contributed by atoms with Crippen LogP contribution >= 0.6 is 23.1 Å². The summed E-state index contributed by atoms with van der Waals surface area (Å²) in [4.78, 5) is 17.5. The number of unbranched alkanes of at least 4 members (excludes halogenated alkanes) is 1. The van der Waals surface area contributed by atoms with E-state index in [1.54, 1.807) is 16.7 Å². The number of hydrogen-bond acceptors (Lipinski definition) is 7. The van der Waals surface area contributed by atoms with E-state index in [0.29, 0.717) is 17.3 Å². The predicted octanol–water partition coefficient (Wildman–Crippen LogP) is 4.67. The van der Waals surface area contributed by atoms with Crippen molar-refractivity contribution >= 4 is 28.1 Å². The molecular weight excluding hydrogens is 430 g/mol. The quantitative estimate of drug-likeness (QED) is 0.197. The summed E-state index contributed by atoms with van der Waals surface area (Å²) in [5.74, 6) is 2.15. The molecule has 0 bridgehead atoms. The number of hydrogen-bond donors (Lipinski definition) is 0. The van der Waals surface area contributed by atoms with Crippen LogP contribution < -0.4 is 10.3 Å². The van der Waals surface area contributed by atoms with Crippen molar-refractivity contribution in [2.75, 3.05) is 6.61 Å². The lowest BCUT2D eigenvalue weighted by Crippen LogP contribution is -2.12. The molecule has 0 aliphatic rings. The van der Waals surface area contributed by atoms with E-state index < -0.39 is 0 Å². The van der Waals surface area contributed by atoms with Crippen LogP contribution in [0.25, 0.3) is 16.3 Å². The maximum atomic E-state index is 12.2. The Balaban J connectivity index is 1.52. The van der Waals surface area contributed by atoms with Gasteiger partial charge in [0, 0.05) is 35.5 Å². The summed E-state index contributed by atoms with van der Waals surface area (Å²) in [6.07, 6.45) is 5.70. The molecule has 0 saturated heterocycles. The van der Waals surface area contributed by atoms with Gasteiger partial charge in [0.1, 0.15) is 5.75 Å². The van der Waals surface area contributed by atoms with Gasteiger partial charge in [-0.1, -0.05) is 31.2 Å². The Morgan fingerprint density at radius 2 is 2.10 bits per heavy atom. The normalized spacial score (nSPS) is 11.1. The first kappa shape index (κ1) is 21.3. The van der Waals surface area contributed by atoms with E-state index in [2.05, 4.69) is 28.7 Å². The van der Waals surface area contributed by atoms with Crippen molar-refractivity contribution in [2.24, 2.45) is 0 Å². The van der Waals surface area contributed by atoms with Crippen LogP contribution in [0.5, 0.6) is 5.75 Å². The predicted molar refractivity (Wildman–Crippen MR) is 125 cm³/mol. The highest BCUT2D eigenvalue weighted by molar-refractivity contribution is 7.98. The fourth-order valence-corrected chi connectivity index (χ4v) is 4.62. The zero-order valence-corrected chi connectivity index (χ0v) is 18.9. The summed E-state index contributed by atoms with van der Waals surface area (Å²) in [5.41, 5.74) is 1.61. The van der Waals surface area contributed by atoms with E-state index >= 15 is 0 Å². The summed E-state index contributed by atoms with van der Waals surface area (Å²) in [5, 5.41) is 11.4. The second kappa shape index (κ2) is 9.93. The molecule has 160 valence electrons. The van der Waals surface area contributed by atoms with Crippen LogP contribution in [0.15, 0.2) is 64.5 Å². The molecule has 0 radical (unpaired) electrons. The van der Waals surface area contributed by atoms with Gasteiger partial charge in [0.2, 0.25) is 0 Å². The number of ether oxygens (including phenoxy) is 1. The summed E-state index contributed by atoms with van der Waals surface area (Å²) in [6, 6.07) is 9.47. The molecule has 0 atom stereocenters. The molecule has 0 unspecified atom stereocenters. The molecule has 0 amide bonds. The Bertz CT molecular complexity index is 1230. The number of rotatable bonds is 10.